The summed E-state index contributed by atoms with van der Waals surface area (Å²) in [6.07, 6.45) is 0.832. The average Bonchev–Trinajstić information content (AvgIpc) is 2.86. The minimum atomic E-state index is -0.0256. The largest absolute Gasteiger partial charge is 0.335 e. The Bertz CT molecular complexity index is 485. The van der Waals surface area contributed by atoms with Gasteiger partial charge >= 0.3 is 0 Å². The van der Waals surface area contributed by atoms with Crippen molar-refractivity contribution < 1.29 is 4.79 Å². The number of amides is 1. The molecule has 1 aliphatic heterocycles. The maximum Gasteiger partial charge on any atom is 0.265 e. The zero-order valence-electron chi connectivity index (χ0n) is 11.3. The molecule has 2 heterocycles. The highest BCUT2D eigenvalue weighted by Crippen LogP contribution is 2.17. The number of carbonyl (C=O) groups is 1. The fourth-order valence-corrected chi connectivity index (χ4v) is 3.09. The Balaban J connectivity index is 1.96. The Morgan fingerprint density at radius 2 is 2.21 bits per heavy atom. The highest BCUT2D eigenvalue weighted by atomic mass is 32.1. The predicted octanol–water partition coefficient (Wildman–Crippen LogP) is 1.51. The number of carbonyl (C=O) groups excluding carboxylic acids is 1. The molecule has 1 aromatic heterocycles. The Hall–Kier alpha value is -1.45. The summed E-state index contributed by atoms with van der Waals surface area (Å²) in [5, 5.41) is 9.06. The Morgan fingerprint density at radius 1 is 1.53 bits per heavy atom. The molecule has 1 atom stereocenters. The first-order valence-electron chi connectivity index (χ1n) is 6.50. The van der Waals surface area contributed by atoms with Crippen LogP contribution in [0.2, 0.25) is 0 Å². The molecule has 1 amide bonds. The van der Waals surface area contributed by atoms with E-state index in [9.17, 15) is 4.79 Å². The lowest BCUT2D eigenvalue weighted by Gasteiger charge is -2.36. The zero-order chi connectivity index (χ0) is 13.8. The molecule has 6 heteroatoms. The van der Waals surface area contributed by atoms with E-state index in [2.05, 4.69) is 16.0 Å². The van der Waals surface area contributed by atoms with Crippen molar-refractivity contribution in [2.24, 2.45) is 0 Å². The Morgan fingerprint density at radius 3 is 2.68 bits per heavy atom. The van der Waals surface area contributed by atoms with Gasteiger partial charge in [-0.25, -0.2) is 4.98 Å². The molecular weight excluding hydrogens is 260 g/mol. The molecule has 2 rings (SSSR count). The number of rotatable bonds is 3. The van der Waals surface area contributed by atoms with Crippen LogP contribution in [0.3, 0.4) is 0 Å². The molecule has 1 saturated heterocycles. The summed E-state index contributed by atoms with van der Waals surface area (Å²) in [4.78, 5) is 21.2. The van der Waals surface area contributed by atoms with Crippen LogP contribution >= 0.6 is 11.3 Å². The molecule has 1 unspecified atom stereocenters. The predicted molar refractivity (Wildman–Crippen MR) is 74.0 cm³/mol. The number of aromatic nitrogens is 1. The Kier molecular flexibility index (Phi) is 4.51. The first-order valence-corrected chi connectivity index (χ1v) is 7.38. The third kappa shape index (κ3) is 2.94. The molecule has 5 nitrogen and oxygen atoms in total. The van der Waals surface area contributed by atoms with Crippen molar-refractivity contribution in [2.45, 2.75) is 26.3 Å². The van der Waals surface area contributed by atoms with Crippen LogP contribution in [0.4, 0.5) is 0 Å². The molecule has 0 aromatic carbocycles. The van der Waals surface area contributed by atoms with Gasteiger partial charge in [-0.3, -0.25) is 9.69 Å². The number of piperazine rings is 1. The molecule has 1 aromatic rings. The molecule has 1 fully saturated rings. The molecule has 0 N–H and O–H groups in total. The van der Waals surface area contributed by atoms with E-state index >= 15 is 0 Å². The van der Waals surface area contributed by atoms with Gasteiger partial charge in [-0.15, -0.1) is 11.3 Å². The van der Waals surface area contributed by atoms with E-state index in [4.69, 9.17) is 5.26 Å². The van der Waals surface area contributed by atoms with Crippen molar-refractivity contribution in [3.05, 3.63) is 16.1 Å². The number of hydrogen-bond acceptors (Lipinski definition) is 5. The smallest absolute Gasteiger partial charge is 0.265 e. The second-order valence-corrected chi connectivity index (χ2v) is 5.50. The summed E-state index contributed by atoms with van der Waals surface area (Å²) in [6, 6.07) is 2.29. The first kappa shape index (κ1) is 14.0. The van der Waals surface area contributed by atoms with Gasteiger partial charge in [0.25, 0.3) is 5.91 Å². The lowest BCUT2D eigenvalue weighted by molar-refractivity contribution is 0.0608. The lowest BCUT2D eigenvalue weighted by atomic mass is 10.2. The van der Waals surface area contributed by atoms with Crippen molar-refractivity contribution in [1.82, 2.24) is 14.8 Å². The fourth-order valence-electron chi connectivity index (χ4n) is 2.32. The van der Waals surface area contributed by atoms with E-state index in [0.29, 0.717) is 13.1 Å². The number of nitriles is 1. The molecule has 0 radical (unpaired) electrons. The SMILES string of the molecule is CCC(C#N)N1CCN(C(=O)c2scnc2C)CC1. The zero-order valence-corrected chi connectivity index (χ0v) is 12.1. The standard InChI is InChI=1S/C13H18N4OS/c1-3-11(8-14)16-4-6-17(7-5-16)13(18)12-10(2)15-9-19-12/h9,11H,3-7H2,1-2H3. The van der Waals surface area contributed by atoms with Gasteiger partial charge in [0.15, 0.2) is 0 Å². The number of thiazole rings is 1. The first-order chi connectivity index (χ1) is 9.17. The van der Waals surface area contributed by atoms with Crippen LogP contribution in [0.5, 0.6) is 0 Å². The number of nitrogens with zero attached hydrogens (tertiary/aromatic N) is 4. The molecule has 19 heavy (non-hydrogen) atoms. The third-order valence-corrected chi connectivity index (χ3v) is 4.43. The van der Waals surface area contributed by atoms with E-state index in [1.807, 2.05) is 18.7 Å². The van der Waals surface area contributed by atoms with Gasteiger partial charge in [-0.1, -0.05) is 6.92 Å². The summed E-state index contributed by atoms with van der Waals surface area (Å²) >= 11 is 1.40. The monoisotopic (exact) mass is 278 g/mol. The van der Waals surface area contributed by atoms with Crippen molar-refractivity contribution >= 4 is 17.2 Å². The van der Waals surface area contributed by atoms with Crippen LogP contribution in [0.1, 0.15) is 28.7 Å². The minimum Gasteiger partial charge on any atom is -0.335 e. The van der Waals surface area contributed by atoms with Crippen LogP contribution in [0.25, 0.3) is 0 Å². The molecule has 0 saturated carbocycles. The van der Waals surface area contributed by atoms with Crippen molar-refractivity contribution in [1.29, 1.82) is 5.26 Å². The van der Waals surface area contributed by atoms with Crippen LogP contribution in [-0.2, 0) is 0 Å². The van der Waals surface area contributed by atoms with Crippen LogP contribution in [0.15, 0.2) is 5.51 Å². The van der Waals surface area contributed by atoms with Crippen LogP contribution in [0, 0.1) is 18.3 Å². The summed E-state index contributed by atoms with van der Waals surface area (Å²) in [7, 11) is 0. The van der Waals surface area contributed by atoms with Gasteiger partial charge in [0.05, 0.1) is 23.3 Å². The summed E-state index contributed by atoms with van der Waals surface area (Å²) in [5.41, 5.74) is 2.52. The quantitative estimate of drug-likeness (QED) is 0.841. The Labute approximate surface area is 117 Å². The third-order valence-electron chi connectivity index (χ3n) is 3.52. The molecule has 0 spiro atoms. The van der Waals surface area contributed by atoms with E-state index in [1.165, 1.54) is 11.3 Å². The highest BCUT2D eigenvalue weighted by Gasteiger charge is 2.27. The summed E-state index contributed by atoms with van der Waals surface area (Å²) in [6.45, 7) is 6.81. The average molecular weight is 278 g/mol. The topological polar surface area (TPSA) is 60.2 Å². The fraction of sp³-hybridized carbons (Fsp3) is 0.615. The molecule has 102 valence electrons. The van der Waals surface area contributed by atoms with E-state index in [-0.39, 0.29) is 11.9 Å². The minimum absolute atomic E-state index is 0.0256. The van der Waals surface area contributed by atoms with Gasteiger partial charge in [-0.2, -0.15) is 5.26 Å². The van der Waals surface area contributed by atoms with Gasteiger partial charge in [0.2, 0.25) is 0 Å². The van der Waals surface area contributed by atoms with Gasteiger partial charge in [0.1, 0.15) is 4.88 Å². The van der Waals surface area contributed by atoms with E-state index in [1.54, 1.807) is 5.51 Å². The normalized spacial score (nSPS) is 18.1. The summed E-state index contributed by atoms with van der Waals surface area (Å²) in [5.74, 6) is 0.0738. The molecular formula is C13H18N4OS. The lowest BCUT2D eigenvalue weighted by Crippen LogP contribution is -2.51. The second-order valence-electron chi connectivity index (χ2n) is 4.65. The van der Waals surface area contributed by atoms with Gasteiger partial charge in [0, 0.05) is 26.2 Å². The summed E-state index contributed by atoms with van der Waals surface area (Å²) < 4.78 is 0. The second kappa shape index (κ2) is 6.13. The van der Waals surface area contributed by atoms with Crippen LogP contribution in [-0.4, -0.2) is 52.9 Å². The van der Waals surface area contributed by atoms with Gasteiger partial charge < -0.3 is 4.90 Å². The van der Waals surface area contributed by atoms with E-state index in [0.717, 1.165) is 30.1 Å². The molecule has 0 aliphatic carbocycles. The maximum absolute atomic E-state index is 12.3. The van der Waals surface area contributed by atoms with Gasteiger partial charge in [-0.05, 0) is 13.3 Å². The van der Waals surface area contributed by atoms with E-state index < -0.39 is 0 Å². The number of aryl methyl sites for hydroxylation is 1. The van der Waals surface area contributed by atoms with Crippen molar-refractivity contribution in [2.75, 3.05) is 26.2 Å². The van der Waals surface area contributed by atoms with Crippen molar-refractivity contribution in [3.63, 3.8) is 0 Å². The molecule has 0 bridgehead atoms. The number of hydrogen-bond donors (Lipinski definition) is 0. The molecule has 1 aliphatic rings. The highest BCUT2D eigenvalue weighted by molar-refractivity contribution is 7.11. The van der Waals surface area contributed by atoms with Crippen molar-refractivity contribution in [3.8, 4) is 6.07 Å². The maximum atomic E-state index is 12.3. The van der Waals surface area contributed by atoms with Crippen LogP contribution < -0.4 is 0 Å².